The van der Waals surface area contributed by atoms with E-state index in [1.54, 1.807) is 0 Å². The second kappa shape index (κ2) is 5.78. The minimum absolute atomic E-state index is 0.0147. The molecule has 3 rings (SSSR count). The van der Waals surface area contributed by atoms with Crippen LogP contribution in [0.2, 0.25) is 0 Å². The van der Waals surface area contributed by atoms with Gasteiger partial charge in [-0.3, -0.25) is 19.3 Å². The van der Waals surface area contributed by atoms with Gasteiger partial charge in [0, 0.05) is 27.6 Å². The molecular weight excluding hydrogens is 344 g/mol. The first-order chi connectivity index (χ1) is 11.2. The van der Waals surface area contributed by atoms with Crippen LogP contribution >= 0.6 is 22.7 Å². The molecule has 3 aromatic rings. The lowest BCUT2D eigenvalue weighted by Crippen LogP contribution is -2.26. The van der Waals surface area contributed by atoms with Gasteiger partial charge in [-0.25, -0.2) is 9.97 Å². The van der Waals surface area contributed by atoms with E-state index in [1.165, 1.54) is 33.3 Å². The number of fused-ring (bicyclic) bond motifs is 1. The summed E-state index contributed by atoms with van der Waals surface area (Å²) < 4.78 is 1.48. The number of carbonyl (C=O) groups excluding carboxylic acids is 1. The summed E-state index contributed by atoms with van der Waals surface area (Å²) in [6.45, 7) is 9.94. The van der Waals surface area contributed by atoms with E-state index < -0.39 is 5.91 Å². The molecule has 0 bridgehead atoms. The maximum Gasteiger partial charge on any atom is 0.271 e. The zero-order valence-corrected chi connectivity index (χ0v) is 15.8. The van der Waals surface area contributed by atoms with Gasteiger partial charge in [-0.1, -0.05) is 20.8 Å². The van der Waals surface area contributed by atoms with Crippen LogP contribution in [0.25, 0.3) is 4.96 Å². The molecule has 0 saturated heterocycles. The molecular formula is C16H18N4O2S2. The Bertz CT molecular complexity index is 992. The molecule has 0 spiro atoms. The Morgan fingerprint density at radius 3 is 2.62 bits per heavy atom. The third kappa shape index (κ3) is 2.87. The summed E-state index contributed by atoms with van der Waals surface area (Å²) in [5.74, 6) is -0.486. The van der Waals surface area contributed by atoms with Gasteiger partial charge in [-0.05, 0) is 13.8 Å². The monoisotopic (exact) mass is 362 g/mol. The maximum atomic E-state index is 12.6. The Labute approximate surface area is 147 Å². The third-order valence-electron chi connectivity index (χ3n) is 3.76. The maximum absolute atomic E-state index is 12.6. The van der Waals surface area contributed by atoms with Crippen molar-refractivity contribution in [2.45, 2.75) is 40.0 Å². The van der Waals surface area contributed by atoms with Gasteiger partial charge in [-0.15, -0.1) is 22.7 Å². The molecule has 0 saturated carbocycles. The van der Waals surface area contributed by atoms with Crippen molar-refractivity contribution in [1.82, 2.24) is 14.4 Å². The number of amides is 1. The average molecular weight is 362 g/mol. The van der Waals surface area contributed by atoms with E-state index in [2.05, 4.69) is 36.1 Å². The summed E-state index contributed by atoms with van der Waals surface area (Å²) >= 11 is 2.78. The number of carbonyl (C=O) groups is 1. The smallest absolute Gasteiger partial charge is 0.271 e. The fourth-order valence-electron chi connectivity index (χ4n) is 2.17. The van der Waals surface area contributed by atoms with E-state index >= 15 is 0 Å². The minimum atomic E-state index is -0.486. The van der Waals surface area contributed by atoms with Crippen molar-refractivity contribution in [2.75, 3.05) is 5.32 Å². The SMILES string of the molecule is Cc1sc2ncc(C(=O)Nc3nc(C(C)(C)C)cs3)c(=O)n2c1C. The van der Waals surface area contributed by atoms with Crippen molar-refractivity contribution >= 4 is 38.7 Å². The largest absolute Gasteiger partial charge is 0.298 e. The number of nitrogens with one attached hydrogen (secondary N) is 1. The van der Waals surface area contributed by atoms with E-state index in [0.717, 1.165) is 16.3 Å². The van der Waals surface area contributed by atoms with Crippen molar-refractivity contribution in [1.29, 1.82) is 0 Å². The van der Waals surface area contributed by atoms with Crippen LogP contribution in [0.1, 0.15) is 47.4 Å². The first-order valence-electron chi connectivity index (χ1n) is 7.43. The van der Waals surface area contributed by atoms with Crippen LogP contribution in [0.5, 0.6) is 0 Å². The lowest BCUT2D eigenvalue weighted by molar-refractivity contribution is 0.102. The molecule has 0 aliphatic carbocycles. The lowest BCUT2D eigenvalue weighted by Gasteiger charge is -2.14. The number of hydrogen-bond donors (Lipinski definition) is 1. The van der Waals surface area contributed by atoms with Crippen LogP contribution in [0.15, 0.2) is 16.4 Å². The zero-order chi connectivity index (χ0) is 17.6. The van der Waals surface area contributed by atoms with Crippen molar-refractivity contribution in [2.24, 2.45) is 0 Å². The average Bonchev–Trinajstić information content (AvgIpc) is 3.05. The van der Waals surface area contributed by atoms with Crippen LogP contribution in [-0.2, 0) is 5.41 Å². The normalized spacial score (nSPS) is 11.9. The van der Waals surface area contributed by atoms with Gasteiger partial charge in [0.25, 0.3) is 11.5 Å². The van der Waals surface area contributed by atoms with Crippen molar-refractivity contribution < 1.29 is 4.79 Å². The molecule has 0 aliphatic heterocycles. The Balaban J connectivity index is 1.95. The highest BCUT2D eigenvalue weighted by Crippen LogP contribution is 2.26. The summed E-state index contributed by atoms with van der Waals surface area (Å²) in [6, 6.07) is 0. The molecule has 0 radical (unpaired) electrons. The fourth-order valence-corrected chi connectivity index (χ4v) is 4.03. The Morgan fingerprint density at radius 1 is 1.29 bits per heavy atom. The van der Waals surface area contributed by atoms with Crippen LogP contribution in [0, 0.1) is 13.8 Å². The van der Waals surface area contributed by atoms with Crippen LogP contribution in [-0.4, -0.2) is 20.3 Å². The summed E-state index contributed by atoms with van der Waals surface area (Å²) in [5, 5.41) is 5.09. The Kier molecular flexibility index (Phi) is 4.05. The van der Waals surface area contributed by atoms with Gasteiger partial charge in [0.2, 0.25) is 0 Å². The summed E-state index contributed by atoms with van der Waals surface area (Å²) in [7, 11) is 0. The molecule has 0 atom stereocenters. The minimum Gasteiger partial charge on any atom is -0.298 e. The molecule has 24 heavy (non-hydrogen) atoms. The van der Waals surface area contributed by atoms with Gasteiger partial charge < -0.3 is 0 Å². The zero-order valence-electron chi connectivity index (χ0n) is 14.1. The van der Waals surface area contributed by atoms with E-state index in [9.17, 15) is 9.59 Å². The molecule has 1 amide bonds. The van der Waals surface area contributed by atoms with E-state index in [4.69, 9.17) is 0 Å². The van der Waals surface area contributed by atoms with E-state index in [-0.39, 0.29) is 16.5 Å². The highest BCUT2D eigenvalue weighted by Gasteiger charge is 2.20. The van der Waals surface area contributed by atoms with Crippen LogP contribution < -0.4 is 10.9 Å². The molecule has 8 heteroatoms. The molecule has 0 aromatic carbocycles. The predicted octanol–water partition coefficient (Wildman–Crippen LogP) is 3.38. The van der Waals surface area contributed by atoms with Gasteiger partial charge in [0.15, 0.2) is 10.1 Å². The highest BCUT2D eigenvalue weighted by atomic mass is 32.1. The Hall–Kier alpha value is -2.06. The Morgan fingerprint density at radius 2 is 2.00 bits per heavy atom. The molecule has 3 aromatic heterocycles. The number of thiazole rings is 2. The number of aryl methyl sites for hydroxylation is 2. The molecule has 0 aliphatic rings. The van der Waals surface area contributed by atoms with Crippen molar-refractivity contribution in [3.05, 3.63) is 43.8 Å². The quantitative estimate of drug-likeness (QED) is 0.758. The van der Waals surface area contributed by atoms with Gasteiger partial charge in [0.05, 0.1) is 5.69 Å². The molecule has 0 unspecified atom stereocenters. The number of anilines is 1. The predicted molar refractivity (Wildman–Crippen MR) is 97.6 cm³/mol. The number of hydrogen-bond acceptors (Lipinski definition) is 6. The summed E-state index contributed by atoms with van der Waals surface area (Å²) in [6.07, 6.45) is 1.33. The second-order valence-electron chi connectivity index (χ2n) is 6.58. The molecule has 0 fully saturated rings. The topological polar surface area (TPSA) is 76.4 Å². The highest BCUT2D eigenvalue weighted by molar-refractivity contribution is 7.17. The van der Waals surface area contributed by atoms with Crippen molar-refractivity contribution in [3.63, 3.8) is 0 Å². The number of aromatic nitrogens is 3. The molecule has 3 heterocycles. The summed E-state index contributed by atoms with van der Waals surface area (Å²) in [5.41, 5.74) is 1.28. The number of rotatable bonds is 2. The molecule has 6 nitrogen and oxygen atoms in total. The standard InChI is InChI=1S/C16H18N4O2S2/c1-8-9(2)24-15-17-6-10(13(22)20(8)15)12(21)19-14-18-11(7-23-14)16(3,4)5/h6-7H,1-5H3,(H,18,19,21). The summed E-state index contributed by atoms with van der Waals surface area (Å²) in [4.78, 5) is 35.3. The van der Waals surface area contributed by atoms with E-state index in [0.29, 0.717) is 10.1 Å². The van der Waals surface area contributed by atoms with Crippen molar-refractivity contribution in [3.8, 4) is 0 Å². The first-order valence-corrected chi connectivity index (χ1v) is 9.13. The lowest BCUT2D eigenvalue weighted by atomic mass is 9.93. The second-order valence-corrected chi connectivity index (χ2v) is 8.62. The van der Waals surface area contributed by atoms with Gasteiger partial charge >= 0.3 is 0 Å². The molecule has 126 valence electrons. The fraction of sp³-hybridized carbons (Fsp3) is 0.375. The van der Waals surface area contributed by atoms with Crippen LogP contribution in [0.3, 0.4) is 0 Å². The van der Waals surface area contributed by atoms with E-state index in [1.807, 2.05) is 19.2 Å². The first kappa shape index (κ1) is 16.8. The third-order valence-corrected chi connectivity index (χ3v) is 5.59. The van der Waals surface area contributed by atoms with Crippen LogP contribution in [0.4, 0.5) is 5.13 Å². The number of nitrogens with zero attached hydrogens (tertiary/aromatic N) is 3. The van der Waals surface area contributed by atoms with Gasteiger partial charge in [-0.2, -0.15) is 0 Å². The molecule has 1 N–H and O–H groups in total. The van der Waals surface area contributed by atoms with Gasteiger partial charge in [0.1, 0.15) is 5.56 Å².